The summed E-state index contributed by atoms with van der Waals surface area (Å²) in [6.45, 7) is 5.65. The molecule has 1 aliphatic carbocycles. The number of rotatable bonds is 10. The van der Waals surface area contributed by atoms with Crippen molar-refractivity contribution in [3.05, 3.63) is 58.7 Å². The van der Waals surface area contributed by atoms with Gasteiger partial charge in [0.15, 0.2) is 0 Å². The minimum absolute atomic E-state index is 0.0177. The van der Waals surface area contributed by atoms with E-state index in [1.165, 1.54) is 16.0 Å². The van der Waals surface area contributed by atoms with Gasteiger partial charge in [0.25, 0.3) is 0 Å². The number of carbonyl (C=O) groups is 2. The standard InChI is InChI=1S/C32H39NO5/c1-4-8-20(16-21-12-13-27(34)24-10-7-6-9-23(21)24)11-14-28-29-22(18-37-3)17-25-30(26(29)19-38-28)32(36)33(15-5-2)31(25)35/h6-7,9-10,12-13,16,25-26,28,30,34H,4-5,8,11,14-15,17-19H2,1-3H3/b20-16+/t25-,26+,28-,30-/m1/s1. The Morgan fingerprint density at radius 1 is 1.05 bits per heavy atom. The lowest BCUT2D eigenvalue weighted by atomic mass is 9.69. The number of phenolic OH excluding ortho intramolecular Hbond substituents is 1. The summed E-state index contributed by atoms with van der Waals surface area (Å²) in [5.74, 6) is -0.368. The summed E-state index contributed by atoms with van der Waals surface area (Å²) in [5, 5.41) is 12.2. The molecular formula is C32H39NO5. The molecule has 2 amide bonds. The maximum atomic E-state index is 13.3. The van der Waals surface area contributed by atoms with E-state index in [2.05, 4.69) is 19.1 Å². The number of likely N-dealkylation sites (tertiary alicyclic amines) is 1. The van der Waals surface area contributed by atoms with Crippen molar-refractivity contribution in [1.82, 2.24) is 4.90 Å². The van der Waals surface area contributed by atoms with E-state index in [-0.39, 0.29) is 35.7 Å². The van der Waals surface area contributed by atoms with Gasteiger partial charge in [0, 0.05) is 25.0 Å². The summed E-state index contributed by atoms with van der Waals surface area (Å²) >= 11 is 0. The number of ether oxygens (including phenoxy) is 2. The molecule has 6 nitrogen and oxygen atoms in total. The number of aromatic hydroxyl groups is 1. The molecule has 2 aromatic rings. The smallest absolute Gasteiger partial charge is 0.233 e. The Hall–Kier alpha value is -2.96. The van der Waals surface area contributed by atoms with Crippen LogP contribution in [0.3, 0.4) is 0 Å². The minimum Gasteiger partial charge on any atom is -0.507 e. The van der Waals surface area contributed by atoms with Crippen LogP contribution in [0.25, 0.3) is 16.8 Å². The van der Waals surface area contributed by atoms with Crippen LogP contribution in [-0.4, -0.2) is 54.8 Å². The van der Waals surface area contributed by atoms with Crippen LogP contribution >= 0.6 is 0 Å². The zero-order chi connectivity index (χ0) is 26.8. The van der Waals surface area contributed by atoms with E-state index in [4.69, 9.17) is 9.47 Å². The van der Waals surface area contributed by atoms with Crippen LogP contribution in [0.5, 0.6) is 5.75 Å². The molecule has 2 heterocycles. The number of phenols is 1. The molecule has 1 N–H and O–H groups in total. The van der Waals surface area contributed by atoms with Crippen LogP contribution in [0.2, 0.25) is 0 Å². The van der Waals surface area contributed by atoms with Gasteiger partial charge in [0.1, 0.15) is 5.75 Å². The van der Waals surface area contributed by atoms with Crippen molar-refractivity contribution in [2.45, 2.75) is 58.5 Å². The fourth-order valence-electron chi connectivity index (χ4n) is 6.85. The second-order valence-corrected chi connectivity index (χ2v) is 10.9. The average Bonchev–Trinajstić information content (AvgIpc) is 3.44. The lowest BCUT2D eigenvalue weighted by Crippen LogP contribution is -2.35. The number of allylic oxidation sites excluding steroid dienone is 1. The number of benzene rings is 2. The van der Waals surface area contributed by atoms with Crippen LogP contribution in [0.15, 0.2) is 53.1 Å². The molecule has 202 valence electrons. The highest BCUT2D eigenvalue weighted by molar-refractivity contribution is 6.06. The Balaban J connectivity index is 1.40. The summed E-state index contributed by atoms with van der Waals surface area (Å²) in [7, 11) is 1.69. The number of methoxy groups -OCH3 is 1. The molecule has 0 spiro atoms. The fraction of sp³-hybridized carbons (Fsp3) is 0.500. The molecule has 0 aromatic heterocycles. The molecule has 3 aliphatic rings. The SMILES string of the molecule is CCC/C(=C\c1ccc(O)c2ccccc12)CC[C@H]1OC[C@H]2C1=C(COC)C[C@H]1C(=O)N(CCC)C(=O)[C@H]12. The first-order chi connectivity index (χ1) is 18.5. The molecule has 0 bridgehead atoms. The first kappa shape index (κ1) is 26.6. The van der Waals surface area contributed by atoms with Gasteiger partial charge in [-0.15, -0.1) is 0 Å². The molecule has 0 radical (unpaired) electrons. The van der Waals surface area contributed by atoms with E-state index < -0.39 is 0 Å². The summed E-state index contributed by atoms with van der Waals surface area (Å²) in [6, 6.07) is 11.7. The van der Waals surface area contributed by atoms with E-state index in [0.29, 0.717) is 31.9 Å². The zero-order valence-electron chi connectivity index (χ0n) is 22.7. The molecule has 0 unspecified atom stereocenters. The number of nitrogens with zero attached hydrogens (tertiary/aromatic N) is 1. The highest BCUT2D eigenvalue weighted by Gasteiger charge is 2.56. The van der Waals surface area contributed by atoms with Crippen LogP contribution in [0, 0.1) is 17.8 Å². The molecule has 2 aliphatic heterocycles. The lowest BCUT2D eigenvalue weighted by Gasteiger charge is -2.31. The lowest BCUT2D eigenvalue weighted by molar-refractivity contribution is -0.140. The molecular weight excluding hydrogens is 478 g/mol. The number of amides is 2. The molecule has 6 heteroatoms. The number of imide groups is 1. The summed E-state index contributed by atoms with van der Waals surface area (Å²) < 4.78 is 11.9. The van der Waals surface area contributed by atoms with Gasteiger partial charge in [-0.25, -0.2) is 0 Å². The van der Waals surface area contributed by atoms with Crippen molar-refractivity contribution in [3.63, 3.8) is 0 Å². The Morgan fingerprint density at radius 2 is 1.84 bits per heavy atom. The van der Waals surface area contributed by atoms with Gasteiger partial charge in [-0.05, 0) is 60.3 Å². The van der Waals surface area contributed by atoms with Crippen molar-refractivity contribution in [1.29, 1.82) is 0 Å². The van der Waals surface area contributed by atoms with Crippen LogP contribution in [0.4, 0.5) is 0 Å². The van der Waals surface area contributed by atoms with Gasteiger partial charge in [0.05, 0.1) is 31.2 Å². The van der Waals surface area contributed by atoms with Crippen molar-refractivity contribution in [2.24, 2.45) is 17.8 Å². The highest BCUT2D eigenvalue weighted by Crippen LogP contribution is 2.50. The van der Waals surface area contributed by atoms with E-state index in [1.54, 1.807) is 13.2 Å². The molecule has 0 saturated carbocycles. The molecule has 2 saturated heterocycles. The van der Waals surface area contributed by atoms with Gasteiger partial charge in [-0.1, -0.05) is 62.2 Å². The average molecular weight is 518 g/mol. The van der Waals surface area contributed by atoms with E-state index in [9.17, 15) is 14.7 Å². The number of hydrogen-bond donors (Lipinski definition) is 1. The van der Waals surface area contributed by atoms with Gasteiger partial charge in [0.2, 0.25) is 11.8 Å². The van der Waals surface area contributed by atoms with Crippen molar-refractivity contribution < 1.29 is 24.2 Å². The summed E-state index contributed by atoms with van der Waals surface area (Å²) in [5.41, 5.74) is 4.81. The maximum absolute atomic E-state index is 13.3. The van der Waals surface area contributed by atoms with Gasteiger partial charge in [-0.2, -0.15) is 0 Å². The molecule has 2 fully saturated rings. The highest BCUT2D eigenvalue weighted by atomic mass is 16.5. The Labute approximate surface area is 225 Å². The second-order valence-electron chi connectivity index (χ2n) is 10.9. The van der Waals surface area contributed by atoms with Crippen molar-refractivity contribution in [3.8, 4) is 5.75 Å². The third kappa shape index (κ3) is 4.80. The van der Waals surface area contributed by atoms with Crippen molar-refractivity contribution >= 4 is 28.7 Å². The molecule has 38 heavy (non-hydrogen) atoms. The first-order valence-corrected chi connectivity index (χ1v) is 14.1. The fourth-order valence-corrected chi connectivity index (χ4v) is 6.85. The maximum Gasteiger partial charge on any atom is 0.233 e. The van der Waals surface area contributed by atoms with Crippen LogP contribution in [0.1, 0.15) is 57.9 Å². The molecule has 2 aromatic carbocycles. The normalized spacial score (nSPS) is 25.4. The zero-order valence-corrected chi connectivity index (χ0v) is 22.7. The second kappa shape index (κ2) is 11.4. The topological polar surface area (TPSA) is 76.1 Å². The van der Waals surface area contributed by atoms with E-state index in [0.717, 1.165) is 54.0 Å². The minimum atomic E-state index is -0.302. The third-order valence-electron chi connectivity index (χ3n) is 8.46. The predicted molar refractivity (Wildman–Crippen MR) is 148 cm³/mol. The van der Waals surface area contributed by atoms with Gasteiger partial charge < -0.3 is 14.6 Å². The number of carbonyl (C=O) groups excluding carboxylic acids is 2. The number of hydrogen-bond acceptors (Lipinski definition) is 5. The van der Waals surface area contributed by atoms with Crippen molar-refractivity contribution in [2.75, 3.05) is 26.9 Å². The Morgan fingerprint density at radius 3 is 2.58 bits per heavy atom. The Kier molecular flexibility index (Phi) is 8.01. The first-order valence-electron chi connectivity index (χ1n) is 14.1. The predicted octanol–water partition coefficient (Wildman–Crippen LogP) is 5.88. The molecule has 5 rings (SSSR count). The largest absolute Gasteiger partial charge is 0.507 e. The Bertz CT molecular complexity index is 1280. The van der Waals surface area contributed by atoms with Gasteiger partial charge in [-0.3, -0.25) is 14.5 Å². The monoisotopic (exact) mass is 517 g/mol. The van der Waals surface area contributed by atoms with Crippen LogP contribution in [-0.2, 0) is 19.1 Å². The van der Waals surface area contributed by atoms with Crippen LogP contribution < -0.4 is 0 Å². The summed E-state index contributed by atoms with van der Waals surface area (Å²) in [6.07, 6.45) is 7.31. The van der Waals surface area contributed by atoms with E-state index >= 15 is 0 Å². The number of fused-ring (bicyclic) bond motifs is 4. The summed E-state index contributed by atoms with van der Waals surface area (Å²) in [4.78, 5) is 27.9. The van der Waals surface area contributed by atoms with Gasteiger partial charge >= 0.3 is 0 Å². The third-order valence-corrected chi connectivity index (χ3v) is 8.46. The quantitative estimate of drug-likeness (QED) is 0.315. The molecule has 4 atom stereocenters. The van der Waals surface area contributed by atoms with E-state index in [1.807, 2.05) is 31.2 Å².